The molecule has 6 nitrogen and oxygen atoms in total. The van der Waals surface area contributed by atoms with Crippen LogP contribution in [0.15, 0.2) is 30.5 Å². The minimum absolute atomic E-state index is 0.0615. The first-order valence-electron chi connectivity index (χ1n) is 8.81. The fourth-order valence-corrected chi connectivity index (χ4v) is 3.52. The van der Waals surface area contributed by atoms with E-state index in [2.05, 4.69) is 15.5 Å². The van der Waals surface area contributed by atoms with Gasteiger partial charge in [0, 0.05) is 37.2 Å². The van der Waals surface area contributed by atoms with Crippen LogP contribution in [0.1, 0.15) is 38.3 Å². The molecule has 2 aromatic rings. The lowest BCUT2D eigenvalue weighted by Gasteiger charge is -2.33. The lowest BCUT2D eigenvalue weighted by Crippen LogP contribution is -2.48. The number of likely N-dealkylation sites (tertiary alicyclic amines) is 1. The van der Waals surface area contributed by atoms with Crippen molar-refractivity contribution >= 4 is 11.8 Å². The number of aromatic amines is 1. The fourth-order valence-electron chi connectivity index (χ4n) is 3.52. The highest BCUT2D eigenvalue weighted by Crippen LogP contribution is 2.34. The zero-order valence-electron chi connectivity index (χ0n) is 15.0. The van der Waals surface area contributed by atoms with Crippen molar-refractivity contribution in [3.8, 4) is 11.1 Å². The summed E-state index contributed by atoms with van der Waals surface area (Å²) >= 11 is 0. The molecule has 7 heteroatoms. The number of benzene rings is 1. The molecule has 0 radical (unpaired) electrons. The molecule has 2 heterocycles. The van der Waals surface area contributed by atoms with E-state index in [9.17, 15) is 14.0 Å². The predicted molar refractivity (Wildman–Crippen MR) is 95.8 cm³/mol. The number of carbonyl (C=O) groups excluding carboxylic acids is 2. The van der Waals surface area contributed by atoms with Gasteiger partial charge >= 0.3 is 0 Å². The lowest BCUT2D eigenvalue weighted by atomic mass is 9.89. The minimum Gasteiger partial charge on any atom is -0.345 e. The van der Waals surface area contributed by atoms with Crippen molar-refractivity contribution in [2.75, 3.05) is 13.1 Å². The molecular formula is C19H23FN4O2. The molecular weight excluding hydrogens is 335 g/mol. The Morgan fingerprint density at radius 1 is 1.35 bits per heavy atom. The van der Waals surface area contributed by atoms with Gasteiger partial charge in [-0.3, -0.25) is 14.7 Å². The van der Waals surface area contributed by atoms with E-state index in [1.807, 2.05) is 6.07 Å². The second-order valence-corrected chi connectivity index (χ2v) is 6.73. The summed E-state index contributed by atoms with van der Waals surface area (Å²) in [6, 6.07) is 5.96. The molecule has 1 aliphatic rings. The summed E-state index contributed by atoms with van der Waals surface area (Å²) in [5, 5.41) is 9.83. The standard InChI is InChI=1S/C19H23FN4O2/c1-12(22-13(2)25)19(26)24-8-6-14(7-9-24)18-17(11-21-23-18)15-4-3-5-16(20)10-15/h3-5,10-12,14H,6-9H2,1-2H3,(H,21,23)(H,22,25)/t12-/m0/s1. The van der Waals surface area contributed by atoms with Crippen LogP contribution in [0.4, 0.5) is 4.39 Å². The van der Waals surface area contributed by atoms with Crippen LogP contribution >= 0.6 is 0 Å². The summed E-state index contributed by atoms with van der Waals surface area (Å²) in [6.45, 7) is 4.35. The first-order valence-corrected chi connectivity index (χ1v) is 8.81. The summed E-state index contributed by atoms with van der Waals surface area (Å²) in [5.41, 5.74) is 2.69. The van der Waals surface area contributed by atoms with E-state index in [1.54, 1.807) is 24.1 Å². The van der Waals surface area contributed by atoms with E-state index in [-0.39, 0.29) is 23.5 Å². The number of hydrogen-bond donors (Lipinski definition) is 2. The number of piperidine rings is 1. The smallest absolute Gasteiger partial charge is 0.244 e. The Morgan fingerprint density at radius 3 is 2.73 bits per heavy atom. The Labute approximate surface area is 151 Å². The van der Waals surface area contributed by atoms with Crippen molar-refractivity contribution in [3.05, 3.63) is 42.0 Å². The molecule has 2 N–H and O–H groups in total. The molecule has 3 rings (SSSR count). The van der Waals surface area contributed by atoms with Gasteiger partial charge < -0.3 is 10.2 Å². The molecule has 1 aromatic heterocycles. The first-order chi connectivity index (χ1) is 12.5. The number of halogens is 1. The van der Waals surface area contributed by atoms with Gasteiger partial charge in [-0.25, -0.2) is 4.39 Å². The molecule has 1 aromatic carbocycles. The highest BCUT2D eigenvalue weighted by Gasteiger charge is 2.29. The van der Waals surface area contributed by atoms with E-state index < -0.39 is 6.04 Å². The monoisotopic (exact) mass is 358 g/mol. The topological polar surface area (TPSA) is 78.1 Å². The van der Waals surface area contributed by atoms with Gasteiger partial charge in [-0.05, 0) is 37.5 Å². The van der Waals surface area contributed by atoms with Crippen LogP contribution < -0.4 is 5.32 Å². The molecule has 26 heavy (non-hydrogen) atoms. The van der Waals surface area contributed by atoms with Crippen molar-refractivity contribution < 1.29 is 14.0 Å². The molecule has 0 unspecified atom stereocenters. The molecule has 2 amide bonds. The average Bonchev–Trinajstić information content (AvgIpc) is 3.10. The van der Waals surface area contributed by atoms with Gasteiger partial charge in [-0.2, -0.15) is 5.10 Å². The van der Waals surface area contributed by atoms with Gasteiger partial charge in [0.25, 0.3) is 0 Å². The number of aromatic nitrogens is 2. The van der Waals surface area contributed by atoms with E-state index in [0.717, 1.165) is 29.7 Å². The Balaban J connectivity index is 1.67. The van der Waals surface area contributed by atoms with Crippen molar-refractivity contribution in [2.45, 2.75) is 38.6 Å². The van der Waals surface area contributed by atoms with Gasteiger partial charge in [-0.1, -0.05) is 12.1 Å². The van der Waals surface area contributed by atoms with E-state index >= 15 is 0 Å². The van der Waals surface area contributed by atoms with E-state index in [4.69, 9.17) is 0 Å². The van der Waals surface area contributed by atoms with Crippen molar-refractivity contribution in [2.24, 2.45) is 0 Å². The largest absolute Gasteiger partial charge is 0.345 e. The van der Waals surface area contributed by atoms with Crippen molar-refractivity contribution in [1.29, 1.82) is 0 Å². The zero-order chi connectivity index (χ0) is 18.7. The average molecular weight is 358 g/mol. The molecule has 0 bridgehead atoms. The predicted octanol–water partition coefficient (Wildman–Crippen LogP) is 2.45. The number of nitrogens with zero attached hydrogens (tertiary/aromatic N) is 2. The third kappa shape index (κ3) is 3.92. The SMILES string of the molecule is CC(=O)N[C@@H](C)C(=O)N1CCC(c2[nH]ncc2-c2cccc(F)c2)CC1. The Hall–Kier alpha value is -2.70. The first kappa shape index (κ1) is 18.1. The zero-order valence-corrected chi connectivity index (χ0v) is 15.0. The summed E-state index contributed by atoms with van der Waals surface area (Å²) in [4.78, 5) is 25.3. The number of hydrogen-bond acceptors (Lipinski definition) is 3. The van der Waals surface area contributed by atoms with Crippen LogP contribution in [0, 0.1) is 5.82 Å². The van der Waals surface area contributed by atoms with Crippen molar-refractivity contribution in [3.63, 3.8) is 0 Å². The van der Waals surface area contributed by atoms with Crippen LogP contribution in [0.2, 0.25) is 0 Å². The van der Waals surface area contributed by atoms with Gasteiger partial charge in [0.05, 0.1) is 6.20 Å². The second kappa shape index (κ2) is 7.68. The number of rotatable bonds is 4. The molecule has 1 saturated heterocycles. The third-order valence-corrected chi connectivity index (χ3v) is 4.81. The maximum Gasteiger partial charge on any atom is 0.244 e. The van der Waals surface area contributed by atoms with Crippen LogP contribution in [-0.2, 0) is 9.59 Å². The summed E-state index contributed by atoms with van der Waals surface area (Å²) < 4.78 is 13.5. The van der Waals surface area contributed by atoms with E-state index in [0.29, 0.717) is 13.1 Å². The number of nitrogens with one attached hydrogen (secondary N) is 2. The molecule has 0 saturated carbocycles. The molecule has 0 aliphatic carbocycles. The molecule has 138 valence electrons. The maximum atomic E-state index is 13.5. The maximum absolute atomic E-state index is 13.5. The normalized spacial score (nSPS) is 16.3. The number of amides is 2. The molecule has 1 fully saturated rings. The summed E-state index contributed by atoms with van der Waals surface area (Å²) in [6.07, 6.45) is 3.31. The van der Waals surface area contributed by atoms with Gasteiger partial charge in [0.15, 0.2) is 0 Å². The quantitative estimate of drug-likeness (QED) is 0.881. The lowest BCUT2D eigenvalue weighted by molar-refractivity contribution is -0.136. The Kier molecular flexibility index (Phi) is 5.35. The highest BCUT2D eigenvalue weighted by atomic mass is 19.1. The van der Waals surface area contributed by atoms with Crippen LogP contribution in [0.3, 0.4) is 0 Å². The van der Waals surface area contributed by atoms with Gasteiger partial charge in [-0.15, -0.1) is 0 Å². The second-order valence-electron chi connectivity index (χ2n) is 6.73. The fraction of sp³-hybridized carbons (Fsp3) is 0.421. The molecule has 1 aliphatic heterocycles. The number of H-pyrrole nitrogens is 1. The van der Waals surface area contributed by atoms with Crippen LogP contribution in [0.5, 0.6) is 0 Å². The van der Waals surface area contributed by atoms with Crippen LogP contribution in [-0.4, -0.2) is 46.0 Å². The third-order valence-electron chi connectivity index (χ3n) is 4.81. The van der Waals surface area contributed by atoms with Gasteiger partial charge in [0.1, 0.15) is 11.9 Å². The molecule has 1 atom stereocenters. The Morgan fingerprint density at radius 2 is 2.08 bits per heavy atom. The minimum atomic E-state index is -0.515. The summed E-state index contributed by atoms with van der Waals surface area (Å²) in [5.74, 6) is -0.315. The van der Waals surface area contributed by atoms with Gasteiger partial charge in [0.2, 0.25) is 11.8 Å². The molecule has 0 spiro atoms. The summed E-state index contributed by atoms with van der Waals surface area (Å²) in [7, 11) is 0. The van der Waals surface area contributed by atoms with Crippen LogP contribution in [0.25, 0.3) is 11.1 Å². The number of carbonyl (C=O) groups is 2. The Bertz CT molecular complexity index is 796. The van der Waals surface area contributed by atoms with E-state index in [1.165, 1.54) is 19.1 Å². The van der Waals surface area contributed by atoms with Crippen molar-refractivity contribution in [1.82, 2.24) is 20.4 Å². The highest BCUT2D eigenvalue weighted by molar-refractivity contribution is 5.86.